The van der Waals surface area contributed by atoms with Gasteiger partial charge in [-0.25, -0.2) is 8.42 Å². The Bertz CT molecular complexity index is 563. The number of thiophene rings is 1. The summed E-state index contributed by atoms with van der Waals surface area (Å²) in [5.74, 6) is 0. The summed E-state index contributed by atoms with van der Waals surface area (Å²) in [6, 6.07) is 2.02. The third-order valence-electron chi connectivity index (χ3n) is 3.74. The molecule has 2 rings (SSSR count). The van der Waals surface area contributed by atoms with Crippen LogP contribution in [0.15, 0.2) is 11.0 Å². The Kier molecular flexibility index (Phi) is 5.79. The van der Waals surface area contributed by atoms with Crippen molar-refractivity contribution >= 4 is 21.4 Å². The second-order valence-electron chi connectivity index (χ2n) is 5.43. The Morgan fingerprint density at radius 3 is 2.76 bits per heavy atom. The maximum Gasteiger partial charge on any atom is 0.244 e. The lowest BCUT2D eigenvalue weighted by molar-refractivity contribution is 0.176. The Labute approximate surface area is 131 Å². The summed E-state index contributed by atoms with van der Waals surface area (Å²) in [7, 11) is -1.85. The molecule has 0 aromatic carbocycles. The van der Waals surface area contributed by atoms with Gasteiger partial charge in [0, 0.05) is 36.0 Å². The van der Waals surface area contributed by atoms with E-state index >= 15 is 0 Å². The molecule has 1 atom stereocenters. The Balaban J connectivity index is 2.22. The van der Waals surface area contributed by atoms with Crippen LogP contribution >= 0.6 is 11.3 Å². The van der Waals surface area contributed by atoms with Crippen molar-refractivity contribution in [3.05, 3.63) is 15.8 Å². The van der Waals surface area contributed by atoms with E-state index in [-0.39, 0.29) is 6.04 Å². The molecule has 0 radical (unpaired) electrons. The summed E-state index contributed by atoms with van der Waals surface area (Å²) in [6.45, 7) is 6.10. The van der Waals surface area contributed by atoms with Crippen LogP contribution in [0.5, 0.6) is 0 Å². The van der Waals surface area contributed by atoms with Gasteiger partial charge < -0.3 is 10.1 Å². The van der Waals surface area contributed by atoms with Crippen molar-refractivity contribution in [2.45, 2.75) is 37.6 Å². The molecular weight excluding hydrogens is 308 g/mol. The minimum absolute atomic E-state index is 0.247. The first-order valence-corrected chi connectivity index (χ1v) is 9.50. The van der Waals surface area contributed by atoms with Gasteiger partial charge >= 0.3 is 0 Å². The van der Waals surface area contributed by atoms with Crippen molar-refractivity contribution in [3.8, 4) is 0 Å². The molecule has 0 aliphatic carbocycles. The van der Waals surface area contributed by atoms with Crippen LogP contribution in [0, 0.1) is 13.8 Å². The largest absolute Gasteiger partial charge is 0.383 e. The van der Waals surface area contributed by atoms with Crippen LogP contribution in [0.3, 0.4) is 0 Å². The number of aryl methyl sites for hydroxylation is 2. The summed E-state index contributed by atoms with van der Waals surface area (Å²) in [4.78, 5) is 2.32. The summed E-state index contributed by atoms with van der Waals surface area (Å²) in [5, 5.41) is 3.36. The monoisotopic (exact) mass is 332 g/mol. The molecule has 0 amide bonds. The maximum absolute atomic E-state index is 12.9. The van der Waals surface area contributed by atoms with Crippen LogP contribution in [0.4, 0.5) is 0 Å². The van der Waals surface area contributed by atoms with Crippen LogP contribution in [-0.2, 0) is 14.8 Å². The van der Waals surface area contributed by atoms with Crippen molar-refractivity contribution in [1.29, 1.82) is 0 Å². The molecule has 1 aromatic rings. The summed E-state index contributed by atoms with van der Waals surface area (Å²) < 4.78 is 32.5. The molecule has 120 valence electrons. The number of hydrogen-bond donors (Lipinski definition) is 1. The van der Waals surface area contributed by atoms with Gasteiger partial charge in [0.1, 0.15) is 0 Å². The molecule has 0 bridgehead atoms. The van der Waals surface area contributed by atoms with Crippen molar-refractivity contribution in [2.24, 2.45) is 0 Å². The molecule has 1 aliphatic rings. The summed E-state index contributed by atoms with van der Waals surface area (Å²) in [5.41, 5.74) is 0. The van der Waals surface area contributed by atoms with Crippen molar-refractivity contribution in [1.82, 2.24) is 9.62 Å². The van der Waals surface area contributed by atoms with E-state index in [1.165, 1.54) is 11.3 Å². The Morgan fingerprint density at radius 2 is 2.24 bits per heavy atom. The van der Waals surface area contributed by atoms with E-state index in [2.05, 4.69) is 5.32 Å². The minimum atomic E-state index is -3.45. The van der Waals surface area contributed by atoms with Gasteiger partial charge in [0.25, 0.3) is 0 Å². The van der Waals surface area contributed by atoms with Crippen molar-refractivity contribution in [3.63, 3.8) is 0 Å². The normalized spacial score (nSPS) is 19.5. The maximum atomic E-state index is 12.9. The topological polar surface area (TPSA) is 58.6 Å². The first kappa shape index (κ1) is 16.9. The van der Waals surface area contributed by atoms with E-state index in [1.54, 1.807) is 17.5 Å². The lowest BCUT2D eigenvalue weighted by Crippen LogP contribution is -2.42. The highest BCUT2D eigenvalue weighted by Crippen LogP contribution is 2.28. The number of nitrogens with one attached hydrogen (secondary N) is 1. The van der Waals surface area contributed by atoms with E-state index in [9.17, 15) is 8.42 Å². The fourth-order valence-electron chi connectivity index (χ4n) is 2.66. The van der Waals surface area contributed by atoms with Gasteiger partial charge in [-0.2, -0.15) is 4.31 Å². The molecule has 1 aliphatic heterocycles. The molecule has 1 fully saturated rings. The van der Waals surface area contributed by atoms with E-state index in [0.29, 0.717) is 24.6 Å². The molecule has 0 saturated carbocycles. The Hall–Kier alpha value is -0.470. The lowest BCUT2D eigenvalue weighted by atomic mass is 10.2. The SMILES string of the molecule is COCCN(CC1CCCN1)S(=O)(=O)c1cc(C)sc1C. The zero-order chi connectivity index (χ0) is 15.5. The number of methoxy groups -OCH3 is 1. The standard InChI is InChI=1S/C14H24N2O3S2/c1-11-9-14(12(2)20-11)21(17,18)16(7-8-19-3)10-13-5-4-6-15-13/h9,13,15H,4-8,10H2,1-3H3. The first-order valence-electron chi connectivity index (χ1n) is 7.24. The van der Waals surface area contributed by atoms with Gasteiger partial charge in [-0.1, -0.05) is 0 Å². The summed E-state index contributed by atoms with van der Waals surface area (Å²) >= 11 is 1.53. The molecular formula is C14H24N2O3S2. The van der Waals surface area contributed by atoms with Crippen LogP contribution in [0.2, 0.25) is 0 Å². The van der Waals surface area contributed by atoms with Crippen LogP contribution in [0.1, 0.15) is 22.6 Å². The zero-order valence-electron chi connectivity index (χ0n) is 12.9. The van der Waals surface area contributed by atoms with Gasteiger partial charge in [-0.15, -0.1) is 11.3 Å². The van der Waals surface area contributed by atoms with E-state index < -0.39 is 10.0 Å². The molecule has 1 unspecified atom stereocenters. The number of nitrogens with zero attached hydrogens (tertiary/aromatic N) is 1. The second kappa shape index (κ2) is 7.19. The highest BCUT2D eigenvalue weighted by atomic mass is 32.2. The van der Waals surface area contributed by atoms with Crippen molar-refractivity contribution < 1.29 is 13.2 Å². The fraction of sp³-hybridized carbons (Fsp3) is 0.714. The first-order chi connectivity index (χ1) is 9.95. The van der Waals surface area contributed by atoms with E-state index in [4.69, 9.17) is 4.74 Å². The number of ether oxygens (including phenoxy) is 1. The average Bonchev–Trinajstić information content (AvgIpc) is 3.04. The van der Waals surface area contributed by atoms with Crippen LogP contribution in [0.25, 0.3) is 0 Å². The third kappa shape index (κ3) is 4.04. The highest BCUT2D eigenvalue weighted by Gasteiger charge is 2.30. The molecule has 1 N–H and O–H groups in total. The lowest BCUT2D eigenvalue weighted by Gasteiger charge is -2.25. The van der Waals surface area contributed by atoms with Crippen LogP contribution in [-0.4, -0.2) is 52.1 Å². The quantitative estimate of drug-likeness (QED) is 0.826. The van der Waals surface area contributed by atoms with Gasteiger partial charge in [0.2, 0.25) is 10.0 Å². The predicted octanol–water partition coefficient (Wildman–Crippen LogP) is 1.75. The number of sulfonamides is 1. The summed E-state index contributed by atoms with van der Waals surface area (Å²) in [6.07, 6.45) is 2.14. The molecule has 0 spiro atoms. The van der Waals surface area contributed by atoms with Gasteiger partial charge in [0.15, 0.2) is 0 Å². The second-order valence-corrected chi connectivity index (χ2v) is 8.79. The molecule has 1 aromatic heterocycles. The molecule has 21 heavy (non-hydrogen) atoms. The molecule has 2 heterocycles. The van der Waals surface area contributed by atoms with E-state index in [0.717, 1.165) is 29.1 Å². The molecule has 5 nitrogen and oxygen atoms in total. The van der Waals surface area contributed by atoms with Gasteiger partial charge in [0.05, 0.1) is 11.5 Å². The van der Waals surface area contributed by atoms with Gasteiger partial charge in [-0.05, 0) is 39.3 Å². The third-order valence-corrected chi connectivity index (χ3v) is 6.83. The zero-order valence-corrected chi connectivity index (χ0v) is 14.5. The average molecular weight is 332 g/mol. The number of hydrogen-bond acceptors (Lipinski definition) is 5. The minimum Gasteiger partial charge on any atom is -0.383 e. The fourth-order valence-corrected chi connectivity index (χ4v) is 5.66. The smallest absolute Gasteiger partial charge is 0.244 e. The number of rotatable bonds is 7. The van der Waals surface area contributed by atoms with E-state index in [1.807, 2.05) is 13.8 Å². The van der Waals surface area contributed by atoms with Gasteiger partial charge in [-0.3, -0.25) is 0 Å². The molecule has 7 heteroatoms. The van der Waals surface area contributed by atoms with Crippen molar-refractivity contribution in [2.75, 3.05) is 33.4 Å². The Morgan fingerprint density at radius 1 is 1.48 bits per heavy atom. The highest BCUT2D eigenvalue weighted by molar-refractivity contribution is 7.89. The van der Waals surface area contributed by atoms with Crippen LogP contribution < -0.4 is 5.32 Å². The molecule has 1 saturated heterocycles. The predicted molar refractivity (Wildman–Crippen MR) is 85.5 cm³/mol.